The molecule has 3 N–H and O–H groups in total. The van der Waals surface area contributed by atoms with Crippen molar-refractivity contribution in [1.82, 2.24) is 0 Å². The van der Waals surface area contributed by atoms with Gasteiger partial charge in [0.15, 0.2) is 6.10 Å². The lowest BCUT2D eigenvalue weighted by molar-refractivity contribution is -0.870. The summed E-state index contributed by atoms with van der Waals surface area (Å²) in [5.41, 5.74) is 0. The number of esters is 2. The van der Waals surface area contributed by atoms with Crippen molar-refractivity contribution < 1.29 is 52.3 Å². The predicted molar refractivity (Wildman–Crippen MR) is 254 cm³/mol. The van der Waals surface area contributed by atoms with Gasteiger partial charge in [0.25, 0.3) is 0 Å². The van der Waals surface area contributed by atoms with Crippen LogP contribution in [0.2, 0.25) is 0 Å². The third-order valence-corrected chi connectivity index (χ3v) is 9.65. The average molecular weight is 887 g/mol. The minimum atomic E-state index is -4.44. The molecule has 350 valence electrons. The zero-order valence-electron chi connectivity index (χ0n) is 38.5. The van der Waals surface area contributed by atoms with Gasteiger partial charge in [-0.15, -0.1) is 0 Å². The summed E-state index contributed by atoms with van der Waals surface area (Å²) in [4.78, 5) is 35.4. The van der Waals surface area contributed by atoms with Gasteiger partial charge >= 0.3 is 19.8 Å². The molecule has 12 heteroatoms. The molecule has 0 fully saturated rings. The number of phosphoric ester groups is 1. The molecule has 0 aliphatic heterocycles. The number of aliphatic hydroxyl groups is 2. The molecule has 0 radical (unpaired) electrons. The van der Waals surface area contributed by atoms with E-state index in [2.05, 4.69) is 62.5 Å². The van der Waals surface area contributed by atoms with Crippen LogP contribution in [0.5, 0.6) is 0 Å². The standard InChI is InChI=1S/C50H80NO10P/c1-6-8-10-11-12-13-14-15-16-17-18-19-20-21-25-28-34-41-50(55)61-48(45-60-62(56,57)59-43-42-51(3,4)5)44-58-49(54)40-35-29-33-39-47(53)38-32-27-24-22-23-26-31-37-46(52)36-30-9-7-2/h8-10,12-13,15-16,18-19,23-24,26-27,30-33,37-39,46-48,52-53H,6-7,11,14,17,20-22,25,28-29,34-36,40-45H2,1-5H3/p+1/b10-8-,13-12-,16-15-,19-18-,26-23-,27-24-,30-9-,37-31+,38-32+,39-33-/t46-,47-,48-/m1/s1. The smallest absolute Gasteiger partial charge is 0.462 e. The van der Waals surface area contributed by atoms with Gasteiger partial charge in [0.05, 0.1) is 40.0 Å². The summed E-state index contributed by atoms with van der Waals surface area (Å²) in [7, 11) is 1.32. The summed E-state index contributed by atoms with van der Waals surface area (Å²) < 4.78 is 34.1. The Morgan fingerprint density at radius 3 is 1.82 bits per heavy atom. The Bertz CT molecular complexity index is 1500. The largest absolute Gasteiger partial charge is 0.472 e. The molecule has 0 aliphatic rings. The molecule has 0 amide bonds. The summed E-state index contributed by atoms with van der Waals surface area (Å²) in [5, 5.41) is 20.0. The number of quaternary nitrogens is 1. The molecule has 0 bridgehead atoms. The van der Waals surface area contributed by atoms with Crippen molar-refractivity contribution in [2.45, 2.75) is 135 Å². The molecule has 0 aromatic rings. The molecule has 0 aliphatic carbocycles. The summed E-state index contributed by atoms with van der Waals surface area (Å²) in [5.74, 6) is -1.03. The van der Waals surface area contributed by atoms with Crippen molar-refractivity contribution in [1.29, 1.82) is 0 Å². The maximum atomic E-state index is 12.7. The molecule has 0 saturated carbocycles. The molecule has 0 saturated heterocycles. The third kappa shape index (κ3) is 43.0. The first-order chi connectivity index (χ1) is 29.8. The van der Waals surface area contributed by atoms with E-state index in [0.29, 0.717) is 43.1 Å². The van der Waals surface area contributed by atoms with E-state index in [-0.39, 0.29) is 26.1 Å². The lowest BCUT2D eigenvalue weighted by Gasteiger charge is -2.24. The van der Waals surface area contributed by atoms with Crippen LogP contribution >= 0.6 is 7.82 Å². The van der Waals surface area contributed by atoms with Gasteiger partial charge < -0.3 is 29.1 Å². The number of carbonyl (C=O) groups excluding carboxylic acids is 2. The fourth-order valence-electron chi connectivity index (χ4n) is 5.15. The predicted octanol–water partition coefficient (Wildman–Crippen LogP) is 10.8. The molecule has 62 heavy (non-hydrogen) atoms. The molecular formula is C50H81NO10P+. The van der Waals surface area contributed by atoms with E-state index in [1.165, 1.54) is 0 Å². The van der Waals surface area contributed by atoms with Gasteiger partial charge in [-0.25, -0.2) is 4.57 Å². The lowest BCUT2D eigenvalue weighted by Crippen LogP contribution is -2.37. The fraction of sp³-hybridized carbons (Fsp3) is 0.560. The van der Waals surface area contributed by atoms with E-state index >= 15 is 0 Å². The number of rotatable bonds is 38. The Morgan fingerprint density at radius 2 is 1.16 bits per heavy atom. The van der Waals surface area contributed by atoms with Crippen LogP contribution in [0.15, 0.2) is 122 Å². The monoisotopic (exact) mass is 887 g/mol. The van der Waals surface area contributed by atoms with Crippen LogP contribution in [-0.4, -0.2) is 97.3 Å². The van der Waals surface area contributed by atoms with E-state index in [1.807, 2.05) is 63.7 Å². The number of aliphatic hydroxyl groups excluding tert-OH is 2. The van der Waals surface area contributed by atoms with E-state index in [9.17, 15) is 29.3 Å². The van der Waals surface area contributed by atoms with Crippen molar-refractivity contribution in [3.63, 3.8) is 0 Å². The fourth-order valence-corrected chi connectivity index (χ4v) is 5.90. The van der Waals surface area contributed by atoms with Crippen LogP contribution in [0.4, 0.5) is 0 Å². The van der Waals surface area contributed by atoms with Crippen molar-refractivity contribution in [2.24, 2.45) is 0 Å². The second kappa shape index (κ2) is 40.1. The Kier molecular flexibility index (Phi) is 37.8. The van der Waals surface area contributed by atoms with Gasteiger partial charge in [-0.3, -0.25) is 18.6 Å². The summed E-state index contributed by atoms with van der Waals surface area (Å²) in [6.45, 7) is 3.83. The SMILES string of the molecule is CC/C=C\C/C=C\C/C=C\C/C=C\CCCCCCC(=O)O[C@H](COC(=O)CCC/C=C\[C@H](O)/C=C/C=C\C/C=C\C=C\[C@H](O)C/C=C\CC)COP(=O)(O)OCC[N+](C)(C)C. The molecule has 0 aromatic carbocycles. The Balaban J connectivity index is 4.66. The first-order valence-electron chi connectivity index (χ1n) is 22.5. The van der Waals surface area contributed by atoms with Crippen LogP contribution in [0.25, 0.3) is 0 Å². The quantitative estimate of drug-likeness (QED) is 0.0137. The van der Waals surface area contributed by atoms with Gasteiger partial charge in [-0.1, -0.05) is 148 Å². The van der Waals surface area contributed by atoms with Crippen molar-refractivity contribution in [3.05, 3.63) is 122 Å². The zero-order valence-corrected chi connectivity index (χ0v) is 39.4. The van der Waals surface area contributed by atoms with E-state index in [0.717, 1.165) is 57.8 Å². The molecule has 0 spiro atoms. The lowest BCUT2D eigenvalue weighted by atomic mass is 10.1. The average Bonchev–Trinajstić information content (AvgIpc) is 3.21. The van der Waals surface area contributed by atoms with Crippen molar-refractivity contribution >= 4 is 19.8 Å². The minimum absolute atomic E-state index is 0.0144. The number of ether oxygens (including phenoxy) is 2. The van der Waals surface area contributed by atoms with Crippen LogP contribution in [0.3, 0.4) is 0 Å². The van der Waals surface area contributed by atoms with Gasteiger partial charge in [-0.05, 0) is 77.0 Å². The number of phosphoric acid groups is 1. The normalized spacial score (nSPS) is 15.7. The highest BCUT2D eigenvalue weighted by molar-refractivity contribution is 7.47. The van der Waals surface area contributed by atoms with Crippen LogP contribution in [0, 0.1) is 0 Å². The molecule has 4 atom stereocenters. The number of unbranched alkanes of at least 4 members (excludes halogenated alkanes) is 5. The highest BCUT2D eigenvalue weighted by Crippen LogP contribution is 2.43. The molecule has 1 unspecified atom stereocenters. The highest BCUT2D eigenvalue weighted by Gasteiger charge is 2.27. The number of hydrogen-bond donors (Lipinski definition) is 3. The van der Waals surface area contributed by atoms with Crippen LogP contribution in [0.1, 0.15) is 117 Å². The maximum Gasteiger partial charge on any atom is 0.472 e. The van der Waals surface area contributed by atoms with E-state index in [1.54, 1.807) is 30.4 Å². The highest BCUT2D eigenvalue weighted by atomic mass is 31.2. The van der Waals surface area contributed by atoms with Crippen molar-refractivity contribution in [2.75, 3.05) is 47.5 Å². The number of nitrogens with zero attached hydrogens (tertiary/aromatic N) is 1. The first kappa shape index (κ1) is 58.3. The maximum absolute atomic E-state index is 12.7. The molecule has 0 rings (SSSR count). The topological polar surface area (TPSA) is 149 Å². The number of hydrogen-bond acceptors (Lipinski definition) is 9. The van der Waals surface area contributed by atoms with Crippen LogP contribution in [-0.2, 0) is 32.7 Å². The molecular weight excluding hydrogens is 806 g/mol. The summed E-state index contributed by atoms with van der Waals surface area (Å²) in [6, 6.07) is 0. The Morgan fingerprint density at radius 1 is 0.597 bits per heavy atom. The number of carbonyl (C=O) groups is 2. The molecule has 0 heterocycles. The summed E-state index contributed by atoms with van der Waals surface area (Å²) >= 11 is 0. The third-order valence-electron chi connectivity index (χ3n) is 8.66. The number of allylic oxidation sites excluding steroid dienone is 16. The van der Waals surface area contributed by atoms with E-state index < -0.39 is 44.7 Å². The van der Waals surface area contributed by atoms with Gasteiger partial charge in [0, 0.05) is 12.8 Å². The Labute approximate surface area is 374 Å². The number of likely N-dealkylation sites (N-methyl/N-ethyl adjacent to an activating group) is 1. The van der Waals surface area contributed by atoms with Gasteiger partial charge in [0.1, 0.15) is 19.8 Å². The second-order valence-electron chi connectivity index (χ2n) is 15.7. The minimum Gasteiger partial charge on any atom is -0.462 e. The zero-order chi connectivity index (χ0) is 46.0. The van der Waals surface area contributed by atoms with Gasteiger partial charge in [-0.2, -0.15) is 0 Å². The van der Waals surface area contributed by atoms with Crippen molar-refractivity contribution in [3.8, 4) is 0 Å². The summed E-state index contributed by atoms with van der Waals surface area (Å²) in [6.07, 6.45) is 49.0. The second-order valence-corrected chi connectivity index (χ2v) is 17.2. The first-order valence-corrected chi connectivity index (χ1v) is 24.0. The van der Waals surface area contributed by atoms with E-state index in [4.69, 9.17) is 18.5 Å². The Hall–Kier alpha value is -3.67. The van der Waals surface area contributed by atoms with Gasteiger partial charge in [0.2, 0.25) is 0 Å². The van der Waals surface area contributed by atoms with Crippen LogP contribution < -0.4 is 0 Å². The molecule has 0 aromatic heterocycles. The molecule has 11 nitrogen and oxygen atoms in total.